The zero-order valence-corrected chi connectivity index (χ0v) is 20.9. The van der Waals surface area contributed by atoms with Crippen molar-refractivity contribution >= 4 is 29.5 Å². The summed E-state index contributed by atoms with van der Waals surface area (Å²) in [5, 5.41) is 3.03. The van der Waals surface area contributed by atoms with Gasteiger partial charge in [0, 0.05) is 0 Å². The van der Waals surface area contributed by atoms with E-state index < -0.39 is 6.04 Å². The van der Waals surface area contributed by atoms with E-state index in [0.717, 1.165) is 31.2 Å². The summed E-state index contributed by atoms with van der Waals surface area (Å²) in [6.45, 7) is 6.75. The number of likely N-dealkylation sites (tertiary alicyclic amines) is 1. The lowest BCUT2D eigenvalue weighted by Crippen LogP contribution is -2.50. The summed E-state index contributed by atoms with van der Waals surface area (Å²) in [6.07, 6.45) is 5.82. The number of hydrogen-bond acceptors (Lipinski definition) is 6. The molecule has 0 spiro atoms. The number of carbonyl (C=O) groups is 3. The Labute approximate surface area is 200 Å². The first kappa shape index (κ1) is 25.4. The molecule has 1 N–H and O–H groups in total. The minimum absolute atomic E-state index is 0.168. The molecule has 3 rings (SSSR count). The van der Waals surface area contributed by atoms with Crippen LogP contribution in [0.25, 0.3) is 0 Å². The van der Waals surface area contributed by atoms with Crippen LogP contribution in [0.5, 0.6) is 11.5 Å². The Morgan fingerprint density at radius 1 is 1.09 bits per heavy atom. The van der Waals surface area contributed by atoms with Gasteiger partial charge in [-0.05, 0) is 69.7 Å². The summed E-state index contributed by atoms with van der Waals surface area (Å²) >= 11 is 1.60. The lowest BCUT2D eigenvalue weighted by Gasteiger charge is -2.27. The molecule has 1 saturated heterocycles. The second kappa shape index (κ2) is 11.8. The third kappa shape index (κ3) is 5.65. The third-order valence-corrected chi connectivity index (χ3v) is 7.16. The Kier molecular flexibility index (Phi) is 9.06. The molecule has 4 atom stereocenters. The van der Waals surface area contributed by atoms with Crippen molar-refractivity contribution in [2.24, 2.45) is 11.8 Å². The highest BCUT2D eigenvalue weighted by atomic mass is 32.2. The van der Waals surface area contributed by atoms with Crippen LogP contribution in [-0.2, 0) is 14.4 Å². The highest BCUT2D eigenvalue weighted by molar-refractivity contribution is 7.98. The van der Waals surface area contributed by atoms with E-state index in [2.05, 4.69) is 5.32 Å². The lowest BCUT2D eigenvalue weighted by molar-refractivity contribution is -0.148. The molecule has 2 aliphatic rings. The average molecular weight is 477 g/mol. The number of nitrogens with zero attached hydrogens (tertiary/aromatic N) is 1. The number of nitrogens with one attached hydrogen (secondary N) is 1. The molecule has 1 aliphatic carbocycles. The fourth-order valence-corrected chi connectivity index (χ4v) is 5.29. The van der Waals surface area contributed by atoms with E-state index in [0.29, 0.717) is 36.9 Å². The number of amides is 3. The number of thioether (sulfide) groups is 1. The molecular weight excluding hydrogens is 440 g/mol. The summed E-state index contributed by atoms with van der Waals surface area (Å²) in [5.74, 6) is 0.846. The highest BCUT2D eigenvalue weighted by Gasteiger charge is 2.51. The predicted octanol–water partition coefficient (Wildman–Crippen LogP) is 3.96. The van der Waals surface area contributed by atoms with Gasteiger partial charge < -0.3 is 14.8 Å². The Balaban J connectivity index is 1.78. The molecule has 7 nitrogen and oxygen atoms in total. The van der Waals surface area contributed by atoms with E-state index in [1.807, 2.05) is 45.2 Å². The Morgan fingerprint density at radius 3 is 2.27 bits per heavy atom. The van der Waals surface area contributed by atoms with E-state index in [1.165, 1.54) is 4.90 Å². The highest BCUT2D eigenvalue weighted by Crippen LogP contribution is 2.39. The molecule has 2 fully saturated rings. The van der Waals surface area contributed by atoms with Crippen molar-refractivity contribution in [3.8, 4) is 11.5 Å². The van der Waals surface area contributed by atoms with Gasteiger partial charge in [-0.15, -0.1) is 0 Å². The zero-order chi connectivity index (χ0) is 24.0. The molecule has 1 saturated carbocycles. The summed E-state index contributed by atoms with van der Waals surface area (Å²) in [7, 11) is 0. The molecule has 3 amide bonds. The van der Waals surface area contributed by atoms with Crippen molar-refractivity contribution < 1.29 is 23.9 Å². The molecule has 0 bridgehead atoms. The fraction of sp³-hybridized carbons (Fsp3) is 0.640. The quantitative estimate of drug-likeness (QED) is 0.487. The molecular formula is C25H36N2O5S. The number of ether oxygens (including phenoxy) is 2. The Hall–Kier alpha value is -2.22. The van der Waals surface area contributed by atoms with Crippen LogP contribution in [0.4, 0.5) is 0 Å². The van der Waals surface area contributed by atoms with Crippen molar-refractivity contribution in [3.05, 3.63) is 23.8 Å². The SMILES string of the molecule is CCOc1ccc(C(C)NC(=O)C(CCSC)N2C(=O)C3CCCCC3C2=O)cc1OCC. The van der Waals surface area contributed by atoms with Gasteiger partial charge in [0.1, 0.15) is 6.04 Å². The Bertz CT molecular complexity index is 837. The van der Waals surface area contributed by atoms with Gasteiger partial charge in [0.2, 0.25) is 17.7 Å². The topological polar surface area (TPSA) is 84.9 Å². The molecule has 182 valence electrons. The van der Waals surface area contributed by atoms with Crippen LogP contribution in [-0.4, -0.2) is 53.9 Å². The number of carbonyl (C=O) groups excluding carboxylic acids is 3. The third-order valence-electron chi connectivity index (χ3n) is 6.51. The van der Waals surface area contributed by atoms with Gasteiger partial charge in [0.15, 0.2) is 11.5 Å². The first-order valence-electron chi connectivity index (χ1n) is 12.0. The monoisotopic (exact) mass is 476 g/mol. The first-order valence-corrected chi connectivity index (χ1v) is 13.4. The van der Waals surface area contributed by atoms with Gasteiger partial charge in [-0.1, -0.05) is 18.9 Å². The van der Waals surface area contributed by atoms with Crippen molar-refractivity contribution in [3.63, 3.8) is 0 Å². The van der Waals surface area contributed by atoms with Crippen LogP contribution in [0.3, 0.4) is 0 Å². The molecule has 1 aliphatic heterocycles. The van der Waals surface area contributed by atoms with Gasteiger partial charge in [-0.2, -0.15) is 11.8 Å². The summed E-state index contributed by atoms with van der Waals surface area (Å²) in [6, 6.07) is 4.52. The maximum atomic E-state index is 13.4. The second-order valence-corrected chi connectivity index (χ2v) is 9.63. The largest absolute Gasteiger partial charge is 0.490 e. The summed E-state index contributed by atoms with van der Waals surface area (Å²) < 4.78 is 11.3. The number of fused-ring (bicyclic) bond motifs is 1. The zero-order valence-electron chi connectivity index (χ0n) is 20.1. The maximum Gasteiger partial charge on any atom is 0.243 e. The van der Waals surface area contributed by atoms with Crippen molar-refractivity contribution in [1.29, 1.82) is 0 Å². The molecule has 33 heavy (non-hydrogen) atoms. The molecule has 1 aromatic rings. The number of hydrogen-bond donors (Lipinski definition) is 1. The average Bonchev–Trinajstić information content (AvgIpc) is 3.06. The van der Waals surface area contributed by atoms with Gasteiger partial charge in [0.05, 0.1) is 31.1 Å². The number of imide groups is 1. The van der Waals surface area contributed by atoms with Crippen LogP contribution >= 0.6 is 11.8 Å². The van der Waals surface area contributed by atoms with Crippen molar-refractivity contribution in [2.75, 3.05) is 25.2 Å². The molecule has 8 heteroatoms. The van der Waals surface area contributed by atoms with E-state index in [4.69, 9.17) is 9.47 Å². The normalized spacial score (nSPS) is 22.0. The van der Waals surface area contributed by atoms with E-state index in [9.17, 15) is 14.4 Å². The molecule has 4 unspecified atom stereocenters. The van der Waals surface area contributed by atoms with Crippen LogP contribution in [0.1, 0.15) is 64.5 Å². The number of rotatable bonds is 11. The van der Waals surface area contributed by atoms with Gasteiger partial charge in [-0.3, -0.25) is 19.3 Å². The summed E-state index contributed by atoms with van der Waals surface area (Å²) in [4.78, 5) is 40.9. The minimum Gasteiger partial charge on any atom is -0.490 e. The maximum absolute atomic E-state index is 13.4. The van der Waals surface area contributed by atoms with Crippen LogP contribution in [0, 0.1) is 11.8 Å². The molecule has 0 radical (unpaired) electrons. The standard InChI is InChI=1S/C25H36N2O5S/c1-5-31-21-12-11-17(15-22(21)32-6-2)16(3)26-23(28)20(13-14-33-4)27-24(29)18-9-7-8-10-19(18)25(27)30/h11-12,15-16,18-20H,5-10,13-14H2,1-4H3,(H,26,28). The lowest BCUT2D eigenvalue weighted by atomic mass is 9.81. The summed E-state index contributed by atoms with van der Waals surface area (Å²) in [5.41, 5.74) is 0.867. The van der Waals surface area contributed by atoms with E-state index in [-0.39, 0.29) is 35.6 Å². The van der Waals surface area contributed by atoms with E-state index in [1.54, 1.807) is 11.8 Å². The smallest absolute Gasteiger partial charge is 0.243 e. The fourth-order valence-electron chi connectivity index (χ4n) is 4.83. The van der Waals surface area contributed by atoms with Crippen molar-refractivity contribution in [1.82, 2.24) is 10.2 Å². The van der Waals surface area contributed by atoms with Gasteiger partial charge >= 0.3 is 0 Å². The van der Waals surface area contributed by atoms with Crippen LogP contribution < -0.4 is 14.8 Å². The number of benzene rings is 1. The van der Waals surface area contributed by atoms with Crippen LogP contribution in [0.15, 0.2) is 18.2 Å². The Morgan fingerprint density at radius 2 is 1.70 bits per heavy atom. The molecule has 1 heterocycles. The second-order valence-electron chi connectivity index (χ2n) is 8.64. The van der Waals surface area contributed by atoms with Crippen LogP contribution in [0.2, 0.25) is 0 Å². The van der Waals surface area contributed by atoms with Gasteiger partial charge in [0.25, 0.3) is 0 Å². The minimum atomic E-state index is -0.778. The van der Waals surface area contributed by atoms with Crippen molar-refractivity contribution in [2.45, 2.75) is 65.0 Å². The predicted molar refractivity (Wildman–Crippen MR) is 129 cm³/mol. The van der Waals surface area contributed by atoms with E-state index >= 15 is 0 Å². The van der Waals surface area contributed by atoms with Gasteiger partial charge in [-0.25, -0.2) is 0 Å². The molecule has 1 aromatic carbocycles. The first-order chi connectivity index (χ1) is 15.9. The molecule has 0 aromatic heterocycles.